The normalized spacial score (nSPS) is 9.80. The van der Waals surface area contributed by atoms with Crippen molar-refractivity contribution in [1.29, 1.82) is 5.26 Å². The summed E-state index contributed by atoms with van der Waals surface area (Å²) in [5.74, 6) is 0. The molecule has 6 nitrogen and oxygen atoms in total. The van der Waals surface area contributed by atoms with E-state index in [1.807, 2.05) is 13.8 Å². The van der Waals surface area contributed by atoms with Crippen LogP contribution in [0.4, 0.5) is 0 Å². The van der Waals surface area contributed by atoms with Gasteiger partial charge in [0.2, 0.25) is 0 Å². The number of methoxy groups -OCH3 is 1. The molecule has 1 aromatic carbocycles. The summed E-state index contributed by atoms with van der Waals surface area (Å²) in [6.45, 7) is 8.73. The van der Waals surface area contributed by atoms with E-state index in [0.717, 1.165) is 17.7 Å². The number of hydrogen-bond acceptors (Lipinski definition) is 5. The molecule has 3 rings (SSSR count). The molecule has 0 saturated heterocycles. The van der Waals surface area contributed by atoms with Crippen molar-refractivity contribution in [1.82, 2.24) is 14.5 Å². The molecule has 0 unspecified atom stereocenters. The highest BCUT2D eigenvalue weighted by atomic mass is 35.5. The standard InChI is InChI=1S/C16H11ClN4O.C5H12O.C2H6/c1-9-16(22)21(2)15-14(20-9)12(5-6-19-15)11-4-3-10(8-18)7-13(11)17;1-3-4-5-6-2;1-2/h3-7H,1-2H3;3-5H2,1-2H3;1-2H3. The molecular weight excluding hydrogens is 400 g/mol. The minimum Gasteiger partial charge on any atom is -0.385 e. The van der Waals surface area contributed by atoms with E-state index in [9.17, 15) is 4.79 Å². The zero-order chi connectivity index (χ0) is 22.7. The number of pyridine rings is 1. The second kappa shape index (κ2) is 12.7. The van der Waals surface area contributed by atoms with E-state index in [1.54, 1.807) is 51.5 Å². The molecule has 0 fully saturated rings. The second-order valence-electron chi connectivity index (χ2n) is 6.24. The Morgan fingerprint density at radius 1 is 1.23 bits per heavy atom. The van der Waals surface area contributed by atoms with Crippen LogP contribution in [0.15, 0.2) is 35.3 Å². The van der Waals surface area contributed by atoms with Crippen LogP contribution in [0, 0.1) is 18.3 Å². The Bertz CT molecular complexity index is 1070. The number of hydrogen-bond donors (Lipinski definition) is 0. The summed E-state index contributed by atoms with van der Waals surface area (Å²) in [7, 11) is 3.40. The number of nitriles is 1. The first-order chi connectivity index (χ1) is 14.4. The summed E-state index contributed by atoms with van der Waals surface area (Å²) in [5.41, 5.74) is 3.33. The quantitative estimate of drug-likeness (QED) is 0.527. The van der Waals surface area contributed by atoms with Gasteiger partial charge >= 0.3 is 0 Å². The monoisotopic (exact) mass is 428 g/mol. The minimum atomic E-state index is -0.178. The Balaban J connectivity index is 0.000000487. The summed E-state index contributed by atoms with van der Waals surface area (Å²) in [5, 5.41) is 9.39. The number of rotatable bonds is 4. The Labute approximate surface area is 183 Å². The van der Waals surface area contributed by atoms with Crippen LogP contribution in [-0.4, -0.2) is 28.3 Å². The van der Waals surface area contributed by atoms with Crippen molar-refractivity contribution in [3.8, 4) is 17.2 Å². The van der Waals surface area contributed by atoms with E-state index >= 15 is 0 Å². The van der Waals surface area contributed by atoms with Crippen molar-refractivity contribution in [2.75, 3.05) is 13.7 Å². The average Bonchev–Trinajstić information content (AvgIpc) is 2.77. The number of fused-ring (bicyclic) bond motifs is 1. The Kier molecular flexibility index (Phi) is 10.7. The van der Waals surface area contributed by atoms with Crippen molar-refractivity contribution in [3.05, 3.63) is 57.1 Å². The zero-order valence-corrected chi connectivity index (χ0v) is 19.2. The molecule has 2 aromatic heterocycles. The van der Waals surface area contributed by atoms with Crippen LogP contribution in [0.5, 0.6) is 0 Å². The van der Waals surface area contributed by atoms with Crippen molar-refractivity contribution >= 4 is 22.8 Å². The number of aryl methyl sites for hydroxylation is 2. The fourth-order valence-corrected chi connectivity index (χ4v) is 2.94. The van der Waals surface area contributed by atoms with Crippen LogP contribution >= 0.6 is 11.6 Å². The summed E-state index contributed by atoms with van der Waals surface area (Å²) in [6, 6.07) is 8.93. The molecule has 0 aliphatic carbocycles. The molecule has 0 bridgehead atoms. The number of unbranched alkanes of at least 4 members (excludes halogenated alkanes) is 1. The van der Waals surface area contributed by atoms with Gasteiger partial charge in [-0.25, -0.2) is 9.97 Å². The van der Waals surface area contributed by atoms with Gasteiger partial charge in [0.15, 0.2) is 5.65 Å². The van der Waals surface area contributed by atoms with Gasteiger partial charge in [0.1, 0.15) is 11.2 Å². The lowest BCUT2D eigenvalue weighted by molar-refractivity contribution is 0.194. The summed E-state index contributed by atoms with van der Waals surface area (Å²) in [4.78, 5) is 20.6. The lowest BCUT2D eigenvalue weighted by Gasteiger charge is -2.10. The van der Waals surface area contributed by atoms with Crippen LogP contribution < -0.4 is 5.56 Å². The van der Waals surface area contributed by atoms with Gasteiger partial charge in [0, 0.05) is 43.1 Å². The molecule has 0 atom stereocenters. The molecule has 7 heteroatoms. The van der Waals surface area contributed by atoms with Gasteiger partial charge in [-0.3, -0.25) is 9.36 Å². The van der Waals surface area contributed by atoms with Gasteiger partial charge in [0.25, 0.3) is 5.56 Å². The van der Waals surface area contributed by atoms with Crippen LogP contribution in [0.25, 0.3) is 22.3 Å². The van der Waals surface area contributed by atoms with E-state index in [1.165, 1.54) is 17.4 Å². The van der Waals surface area contributed by atoms with Gasteiger partial charge in [0.05, 0.1) is 11.6 Å². The number of ether oxygens (including phenoxy) is 1. The molecule has 0 radical (unpaired) electrons. The summed E-state index contributed by atoms with van der Waals surface area (Å²) < 4.78 is 6.25. The third-order valence-corrected chi connectivity index (χ3v) is 4.52. The van der Waals surface area contributed by atoms with E-state index in [0.29, 0.717) is 27.4 Å². The molecular formula is C23H29ClN4O2. The first-order valence-corrected chi connectivity index (χ1v) is 10.3. The Morgan fingerprint density at radius 2 is 1.93 bits per heavy atom. The highest BCUT2D eigenvalue weighted by Gasteiger charge is 2.13. The Hall–Kier alpha value is -2.75. The van der Waals surface area contributed by atoms with Gasteiger partial charge in [-0.1, -0.05) is 44.9 Å². The fourth-order valence-electron chi connectivity index (χ4n) is 2.66. The third-order valence-electron chi connectivity index (χ3n) is 4.21. The smallest absolute Gasteiger partial charge is 0.273 e. The van der Waals surface area contributed by atoms with Crippen molar-refractivity contribution in [3.63, 3.8) is 0 Å². The van der Waals surface area contributed by atoms with Crippen LogP contribution in [0.1, 0.15) is 44.9 Å². The van der Waals surface area contributed by atoms with E-state index in [2.05, 4.69) is 23.0 Å². The number of aromatic nitrogens is 3. The molecule has 0 amide bonds. The third kappa shape index (κ3) is 6.12. The SMILES string of the molecule is CC.CCCCOC.Cc1nc2c(-c3ccc(C#N)cc3Cl)ccnc2n(C)c1=O. The largest absolute Gasteiger partial charge is 0.385 e. The second-order valence-corrected chi connectivity index (χ2v) is 6.65. The number of benzene rings is 1. The first-order valence-electron chi connectivity index (χ1n) is 9.95. The molecule has 2 heterocycles. The summed E-state index contributed by atoms with van der Waals surface area (Å²) in [6.07, 6.45) is 4.03. The number of halogens is 1. The van der Waals surface area contributed by atoms with E-state index in [4.69, 9.17) is 21.6 Å². The molecule has 0 aliphatic heterocycles. The Morgan fingerprint density at radius 3 is 2.47 bits per heavy atom. The maximum Gasteiger partial charge on any atom is 0.273 e. The predicted octanol–water partition coefficient (Wildman–Crippen LogP) is 5.29. The molecule has 160 valence electrons. The maximum absolute atomic E-state index is 12.0. The molecule has 0 saturated carbocycles. The fraction of sp³-hybridized carbons (Fsp3) is 0.391. The zero-order valence-electron chi connectivity index (χ0n) is 18.5. The highest BCUT2D eigenvalue weighted by Crippen LogP contribution is 2.32. The van der Waals surface area contributed by atoms with Gasteiger partial charge in [-0.2, -0.15) is 5.26 Å². The molecule has 0 aliphatic rings. The van der Waals surface area contributed by atoms with Gasteiger partial charge < -0.3 is 4.74 Å². The molecule has 30 heavy (non-hydrogen) atoms. The van der Waals surface area contributed by atoms with Gasteiger partial charge in [-0.05, 0) is 31.5 Å². The molecule has 3 aromatic rings. The first kappa shape index (κ1) is 25.3. The minimum absolute atomic E-state index is 0.178. The average molecular weight is 429 g/mol. The molecule has 0 spiro atoms. The molecule has 0 N–H and O–H groups in total. The van der Waals surface area contributed by atoms with Crippen LogP contribution in [-0.2, 0) is 11.8 Å². The number of nitrogens with zero attached hydrogens (tertiary/aromatic N) is 4. The lowest BCUT2D eigenvalue weighted by Crippen LogP contribution is -2.22. The lowest BCUT2D eigenvalue weighted by atomic mass is 10.0. The van der Waals surface area contributed by atoms with Crippen molar-refractivity contribution in [2.45, 2.75) is 40.5 Å². The van der Waals surface area contributed by atoms with E-state index in [-0.39, 0.29) is 5.56 Å². The topological polar surface area (TPSA) is 80.8 Å². The summed E-state index contributed by atoms with van der Waals surface area (Å²) >= 11 is 6.29. The van der Waals surface area contributed by atoms with E-state index < -0.39 is 0 Å². The highest BCUT2D eigenvalue weighted by molar-refractivity contribution is 6.33. The van der Waals surface area contributed by atoms with Crippen LogP contribution in [0.3, 0.4) is 0 Å². The van der Waals surface area contributed by atoms with Gasteiger partial charge in [-0.15, -0.1) is 0 Å². The van der Waals surface area contributed by atoms with Crippen LogP contribution in [0.2, 0.25) is 5.02 Å². The predicted molar refractivity (Wildman–Crippen MR) is 123 cm³/mol. The van der Waals surface area contributed by atoms with Crippen molar-refractivity contribution < 1.29 is 4.74 Å². The van der Waals surface area contributed by atoms with Crippen molar-refractivity contribution in [2.24, 2.45) is 7.05 Å². The maximum atomic E-state index is 12.0.